The number of hydrogen-bond donors (Lipinski definition) is 5. The predicted molar refractivity (Wildman–Crippen MR) is 82.7 cm³/mol. The van der Waals surface area contributed by atoms with Crippen molar-refractivity contribution in [1.82, 2.24) is 5.32 Å². The third kappa shape index (κ3) is 2.65. The molecular weight excluding hydrogens is 306 g/mol. The normalized spacial score (nSPS) is 17.2. The molecule has 3 rings (SSSR count). The Bertz CT molecular complexity index is 709. The molecule has 2 aromatic carbocycles. The van der Waals surface area contributed by atoms with E-state index < -0.39 is 0 Å². The molecule has 0 saturated heterocycles. The van der Waals surface area contributed by atoms with E-state index in [4.69, 9.17) is 11.6 Å². The summed E-state index contributed by atoms with van der Waals surface area (Å²) in [5.41, 5.74) is 2.65. The van der Waals surface area contributed by atoms with Gasteiger partial charge >= 0.3 is 0 Å². The number of aromatic hydroxyl groups is 4. The van der Waals surface area contributed by atoms with Crippen molar-refractivity contribution in [2.75, 3.05) is 6.54 Å². The zero-order valence-corrected chi connectivity index (χ0v) is 12.4. The highest BCUT2D eigenvalue weighted by molar-refractivity contribution is 6.32. The minimum absolute atomic E-state index is 0.0738. The number of fused-ring (bicyclic) bond motifs is 1. The number of benzene rings is 2. The Balaban J connectivity index is 1.94. The monoisotopic (exact) mass is 321 g/mol. The highest BCUT2D eigenvalue weighted by Gasteiger charge is 2.22. The summed E-state index contributed by atoms with van der Waals surface area (Å²) in [6.07, 6.45) is 1.30. The van der Waals surface area contributed by atoms with Crippen LogP contribution in [-0.2, 0) is 12.8 Å². The van der Waals surface area contributed by atoms with Gasteiger partial charge in [-0.15, -0.1) is 0 Å². The quantitative estimate of drug-likeness (QED) is 0.548. The standard InChI is InChI=1S/C16H16ClNO4/c17-11-3-8(5-15(21)16(11)22)4-12-10-7-14(20)13(19)6-9(10)1-2-18-12/h3,5-7,12,18-22H,1-2,4H2. The molecule has 2 aromatic rings. The second kappa shape index (κ2) is 5.59. The molecule has 0 bridgehead atoms. The molecule has 6 heteroatoms. The zero-order valence-electron chi connectivity index (χ0n) is 11.7. The maximum atomic E-state index is 9.71. The van der Waals surface area contributed by atoms with Crippen LogP contribution in [0.15, 0.2) is 24.3 Å². The molecule has 1 heterocycles. The van der Waals surface area contributed by atoms with Crippen LogP contribution >= 0.6 is 11.6 Å². The highest BCUT2D eigenvalue weighted by Crippen LogP contribution is 2.38. The van der Waals surface area contributed by atoms with Crippen LogP contribution in [0, 0.1) is 0 Å². The van der Waals surface area contributed by atoms with Gasteiger partial charge < -0.3 is 25.7 Å². The smallest absolute Gasteiger partial charge is 0.176 e. The number of phenols is 4. The van der Waals surface area contributed by atoms with Gasteiger partial charge in [-0.2, -0.15) is 0 Å². The van der Waals surface area contributed by atoms with E-state index in [2.05, 4.69) is 5.32 Å². The average molecular weight is 322 g/mol. The lowest BCUT2D eigenvalue weighted by molar-refractivity contribution is 0.397. The summed E-state index contributed by atoms with van der Waals surface area (Å²) >= 11 is 5.88. The first-order chi connectivity index (χ1) is 10.5. The third-order valence-electron chi connectivity index (χ3n) is 3.94. The molecule has 1 aliphatic heterocycles. The number of halogens is 1. The van der Waals surface area contributed by atoms with Gasteiger partial charge in [-0.25, -0.2) is 0 Å². The molecule has 0 aromatic heterocycles. The topological polar surface area (TPSA) is 93.0 Å². The summed E-state index contributed by atoms with van der Waals surface area (Å²) in [5, 5.41) is 41.9. The summed E-state index contributed by atoms with van der Waals surface area (Å²) in [6, 6.07) is 6.14. The van der Waals surface area contributed by atoms with Gasteiger partial charge in [0.05, 0.1) is 5.02 Å². The van der Waals surface area contributed by atoms with E-state index in [0.717, 1.165) is 29.7 Å². The first-order valence-corrected chi connectivity index (χ1v) is 7.32. The van der Waals surface area contributed by atoms with Gasteiger partial charge in [-0.1, -0.05) is 11.6 Å². The molecule has 1 unspecified atom stereocenters. The second-order valence-electron chi connectivity index (χ2n) is 5.45. The van der Waals surface area contributed by atoms with Crippen LogP contribution in [0.3, 0.4) is 0 Å². The van der Waals surface area contributed by atoms with E-state index in [1.54, 1.807) is 18.2 Å². The fourth-order valence-electron chi connectivity index (χ4n) is 2.84. The van der Waals surface area contributed by atoms with Crippen molar-refractivity contribution in [3.63, 3.8) is 0 Å². The molecule has 0 spiro atoms. The zero-order chi connectivity index (χ0) is 15.9. The first-order valence-electron chi connectivity index (χ1n) is 6.94. The number of rotatable bonds is 2. The Hall–Kier alpha value is -2.11. The second-order valence-corrected chi connectivity index (χ2v) is 5.85. The van der Waals surface area contributed by atoms with Crippen molar-refractivity contribution < 1.29 is 20.4 Å². The van der Waals surface area contributed by atoms with Crippen molar-refractivity contribution in [3.8, 4) is 23.0 Å². The lowest BCUT2D eigenvalue weighted by Gasteiger charge is -2.27. The van der Waals surface area contributed by atoms with Crippen LogP contribution in [0.2, 0.25) is 5.02 Å². The summed E-state index contributed by atoms with van der Waals surface area (Å²) in [6.45, 7) is 0.750. The Kier molecular flexibility index (Phi) is 3.76. The Morgan fingerprint density at radius 2 is 1.73 bits per heavy atom. The Labute approximate surface area is 132 Å². The molecule has 5 nitrogen and oxygen atoms in total. The highest BCUT2D eigenvalue weighted by atomic mass is 35.5. The fraction of sp³-hybridized carbons (Fsp3) is 0.250. The Morgan fingerprint density at radius 1 is 1.00 bits per heavy atom. The maximum absolute atomic E-state index is 9.71. The van der Waals surface area contributed by atoms with Gasteiger partial charge in [0.15, 0.2) is 23.0 Å². The van der Waals surface area contributed by atoms with Crippen LogP contribution in [0.5, 0.6) is 23.0 Å². The van der Waals surface area contributed by atoms with Gasteiger partial charge in [-0.3, -0.25) is 0 Å². The van der Waals surface area contributed by atoms with E-state index in [-0.39, 0.29) is 34.1 Å². The van der Waals surface area contributed by atoms with Crippen molar-refractivity contribution in [2.45, 2.75) is 18.9 Å². The molecule has 1 aliphatic rings. The van der Waals surface area contributed by atoms with Crippen LogP contribution in [0.4, 0.5) is 0 Å². The summed E-state index contributed by atoms with van der Waals surface area (Å²) in [5.74, 6) is -0.860. The average Bonchev–Trinajstić information content (AvgIpc) is 2.47. The van der Waals surface area contributed by atoms with E-state index in [0.29, 0.717) is 6.42 Å². The van der Waals surface area contributed by atoms with Crippen LogP contribution < -0.4 is 5.32 Å². The van der Waals surface area contributed by atoms with Crippen molar-refractivity contribution in [2.24, 2.45) is 0 Å². The molecule has 0 radical (unpaired) electrons. The van der Waals surface area contributed by atoms with E-state index in [9.17, 15) is 20.4 Å². The number of hydrogen-bond acceptors (Lipinski definition) is 5. The molecule has 0 amide bonds. The van der Waals surface area contributed by atoms with Gasteiger partial charge in [0.2, 0.25) is 0 Å². The minimum Gasteiger partial charge on any atom is -0.504 e. The van der Waals surface area contributed by atoms with Gasteiger partial charge in [0.25, 0.3) is 0 Å². The van der Waals surface area contributed by atoms with E-state index >= 15 is 0 Å². The van der Waals surface area contributed by atoms with Gasteiger partial charge in [0.1, 0.15) is 0 Å². The lowest BCUT2D eigenvalue weighted by Crippen LogP contribution is -2.31. The summed E-state index contributed by atoms with van der Waals surface area (Å²) < 4.78 is 0. The molecular formula is C16H16ClNO4. The maximum Gasteiger partial charge on any atom is 0.176 e. The first kappa shape index (κ1) is 14.8. The molecule has 0 fully saturated rings. The van der Waals surface area contributed by atoms with Crippen molar-refractivity contribution in [3.05, 3.63) is 46.0 Å². The SMILES string of the molecule is Oc1cc2c(cc1O)C(Cc1cc(O)c(O)c(Cl)c1)NCC2. The Morgan fingerprint density at radius 3 is 2.45 bits per heavy atom. The number of nitrogens with one attached hydrogen (secondary N) is 1. The van der Waals surface area contributed by atoms with Gasteiger partial charge in [-0.05, 0) is 60.3 Å². The van der Waals surface area contributed by atoms with Crippen molar-refractivity contribution in [1.29, 1.82) is 0 Å². The molecule has 116 valence electrons. The minimum atomic E-state index is -0.329. The summed E-state index contributed by atoms with van der Waals surface area (Å²) in [4.78, 5) is 0. The molecule has 5 N–H and O–H groups in total. The molecule has 1 atom stereocenters. The largest absolute Gasteiger partial charge is 0.504 e. The molecule has 0 aliphatic carbocycles. The number of phenolic OH excluding ortho intramolecular Hbond substituents is 4. The fourth-order valence-corrected chi connectivity index (χ4v) is 3.08. The third-order valence-corrected chi connectivity index (χ3v) is 4.23. The summed E-state index contributed by atoms with van der Waals surface area (Å²) in [7, 11) is 0. The predicted octanol–water partition coefficient (Wildman–Crippen LogP) is 2.59. The lowest BCUT2D eigenvalue weighted by atomic mass is 9.90. The van der Waals surface area contributed by atoms with Crippen LogP contribution in [0.1, 0.15) is 22.7 Å². The molecule has 0 saturated carbocycles. The molecule has 22 heavy (non-hydrogen) atoms. The van der Waals surface area contributed by atoms with Crippen molar-refractivity contribution >= 4 is 11.6 Å². The van der Waals surface area contributed by atoms with E-state index in [1.807, 2.05) is 0 Å². The van der Waals surface area contributed by atoms with Gasteiger partial charge in [0, 0.05) is 6.04 Å². The van der Waals surface area contributed by atoms with Crippen LogP contribution in [0.25, 0.3) is 0 Å². The van der Waals surface area contributed by atoms with E-state index in [1.165, 1.54) is 6.07 Å². The van der Waals surface area contributed by atoms with Crippen LogP contribution in [-0.4, -0.2) is 27.0 Å².